The Morgan fingerprint density at radius 2 is 2.06 bits per heavy atom. The number of likely N-dealkylation sites (tertiary alicyclic amines) is 1. The van der Waals surface area contributed by atoms with Crippen LogP contribution in [0.3, 0.4) is 0 Å². The fourth-order valence-electron chi connectivity index (χ4n) is 6.78. The van der Waals surface area contributed by atoms with Gasteiger partial charge in [0.05, 0.1) is 19.3 Å². The fraction of sp³-hybridized carbons (Fsp3) is 0.577. The lowest BCUT2D eigenvalue weighted by Crippen LogP contribution is -2.64. The van der Waals surface area contributed by atoms with Gasteiger partial charge in [-0.25, -0.2) is 14.6 Å². The first-order valence-electron chi connectivity index (χ1n) is 13.0. The first-order valence-corrected chi connectivity index (χ1v) is 13.0. The minimum absolute atomic E-state index is 0.0332. The Balaban J connectivity index is 1.14. The van der Waals surface area contributed by atoms with Crippen molar-refractivity contribution in [3.8, 4) is 5.75 Å². The van der Waals surface area contributed by atoms with Gasteiger partial charge in [0.15, 0.2) is 0 Å². The number of fused-ring (bicyclic) bond motifs is 2. The number of piperidine rings is 1. The smallest absolute Gasteiger partial charge is 0.317 e. The number of carbonyl (C=O) groups excluding carboxylic acids is 1. The summed E-state index contributed by atoms with van der Waals surface area (Å²) in [6.45, 7) is 2.88. The molecule has 1 aromatic heterocycles. The van der Waals surface area contributed by atoms with E-state index in [4.69, 9.17) is 4.74 Å². The first-order chi connectivity index (χ1) is 17.6. The Labute approximate surface area is 210 Å². The highest BCUT2D eigenvalue weighted by Crippen LogP contribution is 2.42. The molecule has 36 heavy (non-hydrogen) atoms. The number of hydrogen-bond acceptors (Lipinski definition) is 7. The molecule has 3 N–H and O–H groups in total. The molecule has 2 aromatic rings. The van der Waals surface area contributed by atoms with Crippen LogP contribution in [0.25, 0.3) is 0 Å². The highest BCUT2D eigenvalue weighted by Gasteiger charge is 2.48. The molecule has 3 saturated heterocycles. The Hall–Kier alpha value is -2.82. The van der Waals surface area contributed by atoms with Gasteiger partial charge in [-0.15, -0.1) is 0 Å². The second-order valence-electron chi connectivity index (χ2n) is 10.6. The van der Waals surface area contributed by atoms with Crippen molar-refractivity contribution in [2.45, 2.75) is 56.4 Å². The van der Waals surface area contributed by atoms with Gasteiger partial charge in [0.1, 0.15) is 11.6 Å². The summed E-state index contributed by atoms with van der Waals surface area (Å²) in [5.41, 5.74) is 8.65. The molecule has 1 aliphatic carbocycles. The van der Waals surface area contributed by atoms with E-state index in [0.29, 0.717) is 35.7 Å². The second kappa shape index (κ2) is 9.91. The number of nitrogens with zero attached hydrogens (tertiary/aromatic N) is 4. The molecular formula is C26H34FN7O2. The molecule has 4 heterocycles. The number of benzene rings is 1. The predicted octanol–water partition coefficient (Wildman–Crippen LogP) is 2.23. The third-order valence-corrected chi connectivity index (χ3v) is 8.59. The zero-order valence-electron chi connectivity index (χ0n) is 20.6. The van der Waals surface area contributed by atoms with E-state index in [1.165, 1.54) is 6.07 Å². The van der Waals surface area contributed by atoms with E-state index in [9.17, 15) is 9.18 Å². The number of amides is 2. The number of nitrogens with one attached hydrogen (secondary N) is 3. The Morgan fingerprint density at radius 1 is 1.14 bits per heavy atom. The summed E-state index contributed by atoms with van der Waals surface area (Å²) >= 11 is 0. The zero-order valence-corrected chi connectivity index (χ0v) is 20.6. The van der Waals surface area contributed by atoms with Gasteiger partial charge in [-0.3, -0.25) is 10.3 Å². The minimum Gasteiger partial charge on any atom is -0.496 e. The molecule has 6 atom stereocenters. The standard InChI is InChI=1S/C26H34FN7O2/c1-36-24-6-2-5-21(27)20(24)15-33-9-3-4-18(14-33)34-13-17-10-19-23(11-22(17)30-26(34)35)31-32-25(19)16-7-8-28-29-12-16/h2,5-8,12,17-19,22-23,25,31-32H,3-4,9-11,13-15H2,1H3,(H,30,35)/t17?,18-,19?,22?,23?,25?/m1/s1. The summed E-state index contributed by atoms with van der Waals surface area (Å²) in [7, 11) is 1.58. The number of aromatic nitrogens is 2. The summed E-state index contributed by atoms with van der Waals surface area (Å²) in [6.07, 6.45) is 7.47. The quantitative estimate of drug-likeness (QED) is 0.586. The van der Waals surface area contributed by atoms with Crippen LogP contribution in [0.4, 0.5) is 9.18 Å². The zero-order chi connectivity index (χ0) is 24.6. The highest BCUT2D eigenvalue weighted by atomic mass is 19.1. The maximum absolute atomic E-state index is 14.6. The van der Waals surface area contributed by atoms with Crippen LogP contribution in [0.1, 0.15) is 42.9 Å². The molecule has 4 fully saturated rings. The van der Waals surface area contributed by atoms with Crippen LogP contribution >= 0.6 is 0 Å². The minimum atomic E-state index is -0.246. The fourth-order valence-corrected chi connectivity index (χ4v) is 6.78. The van der Waals surface area contributed by atoms with Crippen molar-refractivity contribution in [3.63, 3.8) is 0 Å². The van der Waals surface area contributed by atoms with Crippen molar-refractivity contribution < 1.29 is 13.9 Å². The van der Waals surface area contributed by atoms with Crippen molar-refractivity contribution in [2.75, 3.05) is 26.7 Å². The number of rotatable bonds is 5. The summed E-state index contributed by atoms with van der Waals surface area (Å²) < 4.78 is 20.0. The Bertz CT molecular complexity index is 1090. The van der Waals surface area contributed by atoms with E-state index >= 15 is 0 Å². The van der Waals surface area contributed by atoms with E-state index in [0.717, 1.165) is 50.9 Å². The molecule has 1 saturated carbocycles. The van der Waals surface area contributed by atoms with E-state index in [-0.39, 0.29) is 30.0 Å². The van der Waals surface area contributed by atoms with Crippen LogP contribution in [-0.4, -0.2) is 70.9 Å². The molecular weight excluding hydrogens is 461 g/mol. The highest BCUT2D eigenvalue weighted by molar-refractivity contribution is 5.76. The second-order valence-corrected chi connectivity index (χ2v) is 10.6. The molecule has 0 radical (unpaired) electrons. The molecule has 9 nitrogen and oxygen atoms in total. The van der Waals surface area contributed by atoms with Crippen LogP contribution in [0.15, 0.2) is 36.7 Å². The molecule has 1 aromatic carbocycles. The van der Waals surface area contributed by atoms with Gasteiger partial charge < -0.3 is 15.0 Å². The van der Waals surface area contributed by atoms with Crippen LogP contribution in [0, 0.1) is 17.7 Å². The molecule has 10 heteroatoms. The molecule has 4 aliphatic rings. The van der Waals surface area contributed by atoms with Crippen LogP contribution < -0.4 is 20.9 Å². The van der Waals surface area contributed by atoms with Gasteiger partial charge in [-0.05, 0) is 67.8 Å². The largest absolute Gasteiger partial charge is 0.496 e. The van der Waals surface area contributed by atoms with Crippen LogP contribution in [-0.2, 0) is 6.54 Å². The van der Waals surface area contributed by atoms with E-state index < -0.39 is 0 Å². The first kappa shape index (κ1) is 23.6. The normalized spacial score (nSPS) is 32.5. The van der Waals surface area contributed by atoms with Gasteiger partial charge in [-0.2, -0.15) is 10.2 Å². The molecule has 192 valence electrons. The number of hydrazine groups is 1. The molecule has 2 amide bonds. The maximum Gasteiger partial charge on any atom is 0.317 e. The molecule has 0 spiro atoms. The monoisotopic (exact) mass is 495 g/mol. The number of hydrogen-bond donors (Lipinski definition) is 3. The van der Waals surface area contributed by atoms with Crippen molar-refractivity contribution in [3.05, 3.63) is 53.6 Å². The predicted molar refractivity (Wildman–Crippen MR) is 131 cm³/mol. The van der Waals surface area contributed by atoms with E-state index in [1.807, 2.05) is 17.2 Å². The lowest BCUT2D eigenvalue weighted by atomic mass is 9.71. The average molecular weight is 496 g/mol. The number of methoxy groups -OCH3 is 1. The maximum atomic E-state index is 14.6. The molecule has 6 rings (SSSR count). The topological polar surface area (TPSA) is 94.7 Å². The van der Waals surface area contributed by atoms with Gasteiger partial charge in [0.2, 0.25) is 0 Å². The number of carbonyl (C=O) groups is 1. The van der Waals surface area contributed by atoms with Crippen LogP contribution in [0.2, 0.25) is 0 Å². The summed E-state index contributed by atoms with van der Waals surface area (Å²) in [4.78, 5) is 17.5. The summed E-state index contributed by atoms with van der Waals surface area (Å²) in [6, 6.07) is 7.83. The SMILES string of the molecule is COc1cccc(F)c1CN1CCC[C@@H](N2CC3CC4C(CC3NC2=O)NNC4c2ccnnc2)C1. The van der Waals surface area contributed by atoms with Crippen molar-refractivity contribution in [1.29, 1.82) is 0 Å². The Morgan fingerprint density at radius 3 is 2.89 bits per heavy atom. The van der Waals surface area contributed by atoms with Crippen molar-refractivity contribution in [2.24, 2.45) is 11.8 Å². The molecule has 3 aliphatic heterocycles. The summed E-state index contributed by atoms with van der Waals surface area (Å²) in [5.74, 6) is 1.16. The molecule has 5 unspecified atom stereocenters. The third kappa shape index (κ3) is 4.42. The average Bonchev–Trinajstić information content (AvgIpc) is 3.31. The Kier molecular flexibility index (Phi) is 6.49. The third-order valence-electron chi connectivity index (χ3n) is 8.59. The lowest BCUT2D eigenvalue weighted by Gasteiger charge is -2.49. The van der Waals surface area contributed by atoms with Gasteiger partial charge >= 0.3 is 6.03 Å². The number of ether oxygens (including phenoxy) is 1. The number of halogens is 1. The van der Waals surface area contributed by atoms with Crippen molar-refractivity contribution >= 4 is 6.03 Å². The van der Waals surface area contributed by atoms with Crippen molar-refractivity contribution in [1.82, 2.24) is 36.2 Å². The number of urea groups is 1. The summed E-state index contributed by atoms with van der Waals surface area (Å²) in [5, 5.41) is 11.3. The molecule has 0 bridgehead atoms. The lowest BCUT2D eigenvalue weighted by molar-refractivity contribution is 0.0519. The van der Waals surface area contributed by atoms with E-state index in [1.54, 1.807) is 25.4 Å². The van der Waals surface area contributed by atoms with Gasteiger partial charge in [-0.1, -0.05) is 6.07 Å². The van der Waals surface area contributed by atoms with Crippen LogP contribution in [0.5, 0.6) is 5.75 Å². The van der Waals surface area contributed by atoms with Gasteiger partial charge in [0, 0.05) is 49.5 Å². The van der Waals surface area contributed by atoms with Gasteiger partial charge in [0.25, 0.3) is 0 Å². The van der Waals surface area contributed by atoms with E-state index in [2.05, 4.69) is 31.3 Å².